The fraction of sp³-hybridized carbons (Fsp3) is 0.200. The Morgan fingerprint density at radius 2 is 2.00 bits per heavy atom. The number of hydrogen-bond donors (Lipinski definition) is 1. The van der Waals surface area contributed by atoms with Crippen LogP contribution < -0.4 is 15.2 Å². The largest absolute Gasteiger partial charge is 0.491 e. The van der Waals surface area contributed by atoms with Crippen molar-refractivity contribution in [1.29, 1.82) is 0 Å². The zero-order valence-electron chi connectivity index (χ0n) is 10.3. The van der Waals surface area contributed by atoms with Crippen molar-refractivity contribution in [2.45, 2.75) is 12.6 Å². The van der Waals surface area contributed by atoms with E-state index in [0.29, 0.717) is 13.2 Å². The predicted molar refractivity (Wildman–Crippen MR) is 74.6 cm³/mol. The van der Waals surface area contributed by atoms with Gasteiger partial charge in [-0.1, -0.05) is 23.7 Å². The molecule has 0 aromatic heterocycles. The van der Waals surface area contributed by atoms with Crippen LogP contribution in [0.3, 0.4) is 0 Å². The molecule has 3 rings (SSSR count). The molecule has 19 heavy (non-hydrogen) atoms. The Bertz CT molecular complexity index is 583. The van der Waals surface area contributed by atoms with Gasteiger partial charge in [0.05, 0.1) is 6.04 Å². The molecular weight excluding hydrogens is 262 g/mol. The highest BCUT2D eigenvalue weighted by Crippen LogP contribution is 2.34. The Labute approximate surface area is 116 Å². The molecule has 1 aliphatic heterocycles. The van der Waals surface area contributed by atoms with Crippen LogP contribution in [0.2, 0.25) is 5.02 Å². The lowest BCUT2D eigenvalue weighted by Crippen LogP contribution is -2.10. The molecule has 0 amide bonds. The molecule has 4 heteroatoms. The van der Waals surface area contributed by atoms with Crippen LogP contribution in [0.1, 0.15) is 17.2 Å². The molecule has 0 bridgehead atoms. The monoisotopic (exact) mass is 275 g/mol. The van der Waals surface area contributed by atoms with Gasteiger partial charge in [0.25, 0.3) is 0 Å². The van der Waals surface area contributed by atoms with Crippen molar-refractivity contribution >= 4 is 11.6 Å². The summed E-state index contributed by atoms with van der Waals surface area (Å²) < 4.78 is 11.2. The average molecular weight is 276 g/mol. The van der Waals surface area contributed by atoms with Crippen LogP contribution in [-0.2, 0) is 6.61 Å². The predicted octanol–water partition coefficient (Wildman–Crippen LogP) is 3.31. The van der Waals surface area contributed by atoms with Crippen LogP contribution >= 0.6 is 11.6 Å². The van der Waals surface area contributed by atoms with Gasteiger partial charge in [0.1, 0.15) is 24.7 Å². The molecule has 2 aromatic rings. The quantitative estimate of drug-likeness (QED) is 0.935. The summed E-state index contributed by atoms with van der Waals surface area (Å²) in [7, 11) is 0. The van der Waals surface area contributed by atoms with Gasteiger partial charge in [-0.15, -0.1) is 0 Å². The molecule has 3 nitrogen and oxygen atoms in total. The van der Waals surface area contributed by atoms with Crippen LogP contribution in [0.4, 0.5) is 0 Å². The van der Waals surface area contributed by atoms with Crippen molar-refractivity contribution in [2.24, 2.45) is 5.73 Å². The van der Waals surface area contributed by atoms with E-state index in [-0.39, 0.29) is 6.04 Å². The number of halogens is 1. The molecule has 1 aliphatic rings. The van der Waals surface area contributed by atoms with Crippen molar-refractivity contribution < 1.29 is 9.47 Å². The molecule has 2 aromatic carbocycles. The first-order valence-corrected chi connectivity index (χ1v) is 6.50. The Balaban J connectivity index is 1.69. The molecule has 1 heterocycles. The fourth-order valence-electron chi connectivity index (χ4n) is 2.05. The second-order valence-electron chi connectivity index (χ2n) is 4.53. The van der Waals surface area contributed by atoms with E-state index in [2.05, 4.69) is 0 Å². The Kier molecular flexibility index (Phi) is 3.32. The van der Waals surface area contributed by atoms with Gasteiger partial charge in [0, 0.05) is 16.7 Å². The smallest absolute Gasteiger partial charge is 0.127 e. The van der Waals surface area contributed by atoms with E-state index >= 15 is 0 Å². The highest BCUT2D eigenvalue weighted by atomic mass is 35.5. The van der Waals surface area contributed by atoms with Crippen molar-refractivity contribution in [3.05, 3.63) is 58.6 Å². The Hall–Kier alpha value is -1.71. The standard InChI is InChI=1S/C15H14ClNO2/c16-11-3-1-10(2-4-11)8-18-12-5-6-13-14(17)9-19-15(13)7-12/h1-7,14H,8-9,17H2. The number of nitrogens with two attached hydrogens (primary N) is 1. The van der Waals surface area contributed by atoms with Crippen molar-refractivity contribution in [2.75, 3.05) is 6.61 Å². The number of ether oxygens (including phenoxy) is 2. The lowest BCUT2D eigenvalue weighted by atomic mass is 10.1. The molecule has 2 N–H and O–H groups in total. The topological polar surface area (TPSA) is 44.5 Å². The van der Waals surface area contributed by atoms with Crippen LogP contribution in [0.15, 0.2) is 42.5 Å². The van der Waals surface area contributed by atoms with Gasteiger partial charge < -0.3 is 15.2 Å². The first-order chi connectivity index (χ1) is 9.22. The second-order valence-corrected chi connectivity index (χ2v) is 4.97. The summed E-state index contributed by atoms with van der Waals surface area (Å²) in [4.78, 5) is 0. The summed E-state index contributed by atoms with van der Waals surface area (Å²) >= 11 is 5.84. The molecular formula is C15H14ClNO2. The normalized spacial score (nSPS) is 16.8. The van der Waals surface area contributed by atoms with Crippen LogP contribution in [-0.4, -0.2) is 6.61 Å². The molecule has 1 atom stereocenters. The zero-order valence-corrected chi connectivity index (χ0v) is 11.1. The second kappa shape index (κ2) is 5.11. The summed E-state index contributed by atoms with van der Waals surface area (Å²) in [6.45, 7) is 1.04. The van der Waals surface area contributed by atoms with E-state index in [1.807, 2.05) is 42.5 Å². The third kappa shape index (κ3) is 2.67. The number of benzene rings is 2. The van der Waals surface area contributed by atoms with Gasteiger partial charge >= 0.3 is 0 Å². The molecule has 0 saturated carbocycles. The molecule has 0 aliphatic carbocycles. The van der Waals surface area contributed by atoms with E-state index in [1.54, 1.807) is 0 Å². The number of fused-ring (bicyclic) bond motifs is 1. The minimum Gasteiger partial charge on any atom is -0.491 e. The van der Waals surface area contributed by atoms with Crippen molar-refractivity contribution in [3.63, 3.8) is 0 Å². The van der Waals surface area contributed by atoms with E-state index in [1.165, 1.54) is 0 Å². The summed E-state index contributed by atoms with van der Waals surface area (Å²) in [6, 6.07) is 13.3. The fourth-order valence-corrected chi connectivity index (χ4v) is 2.18. The van der Waals surface area contributed by atoms with Gasteiger partial charge in [-0.2, -0.15) is 0 Å². The maximum absolute atomic E-state index is 5.90. The maximum Gasteiger partial charge on any atom is 0.127 e. The van der Waals surface area contributed by atoms with E-state index in [4.69, 9.17) is 26.8 Å². The van der Waals surface area contributed by atoms with Gasteiger partial charge in [0.15, 0.2) is 0 Å². The van der Waals surface area contributed by atoms with E-state index in [9.17, 15) is 0 Å². The van der Waals surface area contributed by atoms with Gasteiger partial charge in [-0.3, -0.25) is 0 Å². The zero-order chi connectivity index (χ0) is 13.2. The summed E-state index contributed by atoms with van der Waals surface area (Å²) in [5.41, 5.74) is 8.01. The molecule has 0 fully saturated rings. The Morgan fingerprint density at radius 3 is 2.79 bits per heavy atom. The van der Waals surface area contributed by atoms with Crippen molar-refractivity contribution in [3.8, 4) is 11.5 Å². The van der Waals surface area contributed by atoms with Crippen LogP contribution in [0.25, 0.3) is 0 Å². The lowest BCUT2D eigenvalue weighted by molar-refractivity contribution is 0.301. The molecule has 0 radical (unpaired) electrons. The highest BCUT2D eigenvalue weighted by molar-refractivity contribution is 6.30. The molecule has 0 saturated heterocycles. The highest BCUT2D eigenvalue weighted by Gasteiger charge is 2.20. The molecule has 98 valence electrons. The maximum atomic E-state index is 5.90. The van der Waals surface area contributed by atoms with E-state index < -0.39 is 0 Å². The minimum absolute atomic E-state index is 0.0275. The van der Waals surface area contributed by atoms with Gasteiger partial charge in [-0.05, 0) is 29.8 Å². The first kappa shape index (κ1) is 12.3. The molecule has 1 unspecified atom stereocenters. The first-order valence-electron chi connectivity index (χ1n) is 6.12. The summed E-state index contributed by atoms with van der Waals surface area (Å²) in [5, 5.41) is 0.726. The van der Waals surface area contributed by atoms with E-state index in [0.717, 1.165) is 27.6 Å². The third-order valence-electron chi connectivity index (χ3n) is 3.12. The number of hydrogen-bond acceptors (Lipinski definition) is 3. The summed E-state index contributed by atoms with van der Waals surface area (Å²) in [5.74, 6) is 1.60. The van der Waals surface area contributed by atoms with Crippen LogP contribution in [0, 0.1) is 0 Å². The Morgan fingerprint density at radius 1 is 1.21 bits per heavy atom. The minimum atomic E-state index is -0.0275. The average Bonchev–Trinajstić information content (AvgIpc) is 2.79. The SMILES string of the molecule is NC1COc2cc(OCc3ccc(Cl)cc3)ccc21. The third-order valence-corrected chi connectivity index (χ3v) is 3.37. The van der Waals surface area contributed by atoms with Gasteiger partial charge in [0.2, 0.25) is 0 Å². The number of rotatable bonds is 3. The van der Waals surface area contributed by atoms with Crippen molar-refractivity contribution in [1.82, 2.24) is 0 Å². The summed E-state index contributed by atoms with van der Waals surface area (Å²) in [6.07, 6.45) is 0. The van der Waals surface area contributed by atoms with Crippen LogP contribution in [0.5, 0.6) is 11.5 Å². The lowest BCUT2D eigenvalue weighted by Gasteiger charge is -2.08. The molecule has 0 spiro atoms. The van der Waals surface area contributed by atoms with Gasteiger partial charge in [-0.25, -0.2) is 0 Å².